The van der Waals surface area contributed by atoms with Crippen LogP contribution in [0, 0.1) is 0 Å². The standard InChI is InChI=1S/C82H72N2/c1-54-23-20-25-55(56-40-43-76-74(52-56)79(2)45-16-18-47-81(79,4)83(76)61-26-8-6-9-27-61)24-12-13-30-63(54)57-39-42-69-72(50-57)68-31-14-15-32-70(68)78-71-49-58(37-38-59(71)51-73(69)78)64-33-21-36-67-65(34-22-35-66(64)67)60-41-44-77-75(53-60)80(3)46-17-19-48-82(80,5)84(77)62-28-10-7-11-29-62/h6-15,20-23,25-44,49-50,52-53H,1,16-19,24,45-48,51H2,2-5H3/b13-12-,23-20-,55-25+,63-30+. The summed E-state index contributed by atoms with van der Waals surface area (Å²) >= 11 is 0. The van der Waals surface area contributed by atoms with Crippen LogP contribution in [-0.4, -0.2) is 11.1 Å². The molecule has 2 heterocycles. The molecule has 16 rings (SSSR count). The Bertz CT molecular complexity index is 4530. The summed E-state index contributed by atoms with van der Waals surface area (Å²) in [5.74, 6) is 0. The molecule has 2 aliphatic heterocycles. The summed E-state index contributed by atoms with van der Waals surface area (Å²) in [6.07, 6.45) is 25.3. The van der Waals surface area contributed by atoms with Gasteiger partial charge in [0, 0.05) is 33.6 Å². The maximum absolute atomic E-state index is 4.71. The van der Waals surface area contributed by atoms with E-state index in [0.717, 1.165) is 24.0 Å². The van der Waals surface area contributed by atoms with Crippen molar-refractivity contribution in [3.05, 3.63) is 276 Å². The van der Waals surface area contributed by atoms with E-state index in [-0.39, 0.29) is 21.9 Å². The van der Waals surface area contributed by atoms with E-state index in [9.17, 15) is 0 Å². The summed E-state index contributed by atoms with van der Waals surface area (Å²) in [6.45, 7) is 14.8. The van der Waals surface area contributed by atoms with Crippen molar-refractivity contribution in [2.75, 3.05) is 9.80 Å². The minimum absolute atomic E-state index is 0.0159. The van der Waals surface area contributed by atoms with Gasteiger partial charge in [-0.3, -0.25) is 0 Å². The van der Waals surface area contributed by atoms with E-state index in [2.05, 4.69) is 268 Å². The van der Waals surface area contributed by atoms with Gasteiger partial charge in [-0.1, -0.05) is 216 Å². The van der Waals surface area contributed by atoms with Crippen LogP contribution in [0.5, 0.6) is 0 Å². The number of rotatable bonds is 6. The van der Waals surface area contributed by atoms with Gasteiger partial charge in [-0.25, -0.2) is 0 Å². The Morgan fingerprint density at radius 1 is 0.417 bits per heavy atom. The normalized spacial score (nSPS) is 25.2. The highest BCUT2D eigenvalue weighted by Crippen LogP contribution is 2.63. The number of allylic oxidation sites excluding steroid dienone is 9. The summed E-state index contributed by atoms with van der Waals surface area (Å²) < 4.78 is 0. The maximum Gasteiger partial charge on any atom is 0.0517 e. The fourth-order valence-electron chi connectivity index (χ4n) is 17.3. The minimum Gasteiger partial charge on any atom is -0.334 e. The molecule has 4 aliphatic carbocycles. The predicted molar refractivity (Wildman–Crippen MR) is 358 cm³/mol. The van der Waals surface area contributed by atoms with Crippen molar-refractivity contribution in [3.8, 4) is 33.4 Å². The van der Waals surface area contributed by atoms with Crippen LogP contribution in [0.25, 0.3) is 76.8 Å². The first kappa shape index (κ1) is 51.0. The van der Waals surface area contributed by atoms with Crippen molar-refractivity contribution in [1.29, 1.82) is 0 Å². The van der Waals surface area contributed by atoms with E-state index in [1.54, 1.807) is 0 Å². The number of anilines is 4. The number of nitrogens with zero attached hydrogens (tertiary/aromatic N) is 2. The second-order valence-corrected chi connectivity index (χ2v) is 26.1. The van der Waals surface area contributed by atoms with E-state index in [1.807, 2.05) is 0 Å². The molecular weight excluding hydrogens is 1010 g/mol. The highest BCUT2D eigenvalue weighted by Gasteiger charge is 2.59. The number of hydrogen-bond donors (Lipinski definition) is 0. The van der Waals surface area contributed by atoms with Gasteiger partial charge in [0.1, 0.15) is 0 Å². The van der Waals surface area contributed by atoms with Gasteiger partial charge in [0.2, 0.25) is 0 Å². The third-order valence-electron chi connectivity index (χ3n) is 22.0. The maximum atomic E-state index is 4.71. The number of hydrogen-bond acceptors (Lipinski definition) is 2. The van der Waals surface area contributed by atoms with Crippen LogP contribution >= 0.6 is 0 Å². The molecule has 0 amide bonds. The fourth-order valence-corrected chi connectivity index (χ4v) is 17.3. The molecule has 6 aliphatic rings. The molecule has 0 aromatic heterocycles. The Labute approximate surface area is 496 Å². The Kier molecular flexibility index (Phi) is 11.6. The fraction of sp³-hybridized carbons (Fsp3) is 0.220. The van der Waals surface area contributed by atoms with Crippen molar-refractivity contribution >= 4 is 66.2 Å². The van der Waals surface area contributed by atoms with Crippen LogP contribution in [0.2, 0.25) is 0 Å². The first-order valence-electron chi connectivity index (χ1n) is 31.1. The van der Waals surface area contributed by atoms with Gasteiger partial charge in [0.05, 0.1) is 11.1 Å². The average Bonchev–Trinajstić information content (AvgIpc) is 1.97. The molecule has 410 valence electrons. The van der Waals surface area contributed by atoms with E-state index in [1.165, 1.54) is 179 Å². The summed E-state index contributed by atoms with van der Waals surface area (Å²) in [6, 6.07) is 74.3. The molecule has 0 radical (unpaired) electrons. The molecule has 2 nitrogen and oxygen atoms in total. The Morgan fingerprint density at radius 3 is 1.62 bits per heavy atom. The Hall–Kier alpha value is -8.72. The van der Waals surface area contributed by atoms with E-state index < -0.39 is 0 Å². The Morgan fingerprint density at radius 2 is 0.964 bits per heavy atom. The molecule has 0 bridgehead atoms. The average molecular weight is 1090 g/mol. The third-order valence-corrected chi connectivity index (χ3v) is 22.0. The molecule has 84 heavy (non-hydrogen) atoms. The van der Waals surface area contributed by atoms with Crippen molar-refractivity contribution < 1.29 is 0 Å². The van der Waals surface area contributed by atoms with Gasteiger partial charge in [0.25, 0.3) is 0 Å². The van der Waals surface area contributed by atoms with Gasteiger partial charge >= 0.3 is 0 Å². The SMILES string of the molecule is C=C1/C=C\C=C(\c2ccc3c(c2)C2(C)CCCCC2(C)N3c2ccccc2)C/C=C\C=C/1c1ccc2c3c(c4ccccc4c2c1)-c1cc(-c2cccc4c(-c5ccc6c(c5)C5(C)CCCCC5(C)N6c5ccccc5)cccc24)ccc1C3. The molecule has 2 saturated carbocycles. The molecular formula is C82H72N2. The second kappa shape index (κ2) is 19.2. The third kappa shape index (κ3) is 7.41. The molecule has 0 saturated heterocycles. The molecule has 0 spiro atoms. The zero-order chi connectivity index (χ0) is 56.5. The zero-order valence-corrected chi connectivity index (χ0v) is 49.1. The van der Waals surface area contributed by atoms with Crippen LogP contribution in [0.3, 0.4) is 0 Å². The van der Waals surface area contributed by atoms with Crippen LogP contribution < -0.4 is 9.80 Å². The van der Waals surface area contributed by atoms with Gasteiger partial charge < -0.3 is 9.80 Å². The highest BCUT2D eigenvalue weighted by molar-refractivity contribution is 6.18. The van der Waals surface area contributed by atoms with Crippen LogP contribution in [0.15, 0.2) is 243 Å². The van der Waals surface area contributed by atoms with Crippen molar-refractivity contribution in [2.24, 2.45) is 0 Å². The van der Waals surface area contributed by atoms with Crippen molar-refractivity contribution in [3.63, 3.8) is 0 Å². The molecule has 10 aromatic rings. The first-order chi connectivity index (χ1) is 41.0. The topological polar surface area (TPSA) is 6.48 Å². The Balaban J connectivity index is 0.715. The quantitative estimate of drug-likeness (QED) is 0.153. The summed E-state index contributed by atoms with van der Waals surface area (Å²) in [4.78, 5) is 5.35. The lowest BCUT2D eigenvalue weighted by Crippen LogP contribution is -2.54. The highest BCUT2D eigenvalue weighted by atomic mass is 15.3. The molecule has 10 aromatic carbocycles. The number of para-hydroxylation sites is 2. The van der Waals surface area contributed by atoms with Crippen LogP contribution in [-0.2, 0) is 17.3 Å². The van der Waals surface area contributed by atoms with E-state index in [0.29, 0.717) is 0 Å². The molecule has 4 unspecified atom stereocenters. The first-order valence-corrected chi connectivity index (χ1v) is 31.1. The van der Waals surface area contributed by atoms with Crippen molar-refractivity contribution in [1.82, 2.24) is 0 Å². The summed E-state index contributed by atoms with van der Waals surface area (Å²) in [5.41, 5.74) is 25.1. The van der Waals surface area contributed by atoms with E-state index >= 15 is 0 Å². The summed E-state index contributed by atoms with van der Waals surface area (Å²) in [5, 5.41) is 7.82. The van der Waals surface area contributed by atoms with Gasteiger partial charge in [-0.15, -0.1) is 0 Å². The molecule has 2 heteroatoms. The lowest BCUT2D eigenvalue weighted by atomic mass is 9.61. The minimum atomic E-state index is 0.0159. The second-order valence-electron chi connectivity index (χ2n) is 26.1. The van der Waals surface area contributed by atoms with Crippen LogP contribution in [0.4, 0.5) is 22.7 Å². The monoisotopic (exact) mass is 1080 g/mol. The molecule has 0 N–H and O–H groups in total. The predicted octanol–water partition coefficient (Wildman–Crippen LogP) is 22.1. The lowest BCUT2D eigenvalue weighted by molar-refractivity contribution is 0.195. The van der Waals surface area contributed by atoms with Crippen molar-refractivity contribution in [2.45, 2.75) is 114 Å². The molecule has 4 atom stereocenters. The van der Waals surface area contributed by atoms with E-state index in [4.69, 9.17) is 6.58 Å². The molecule has 2 fully saturated rings. The largest absolute Gasteiger partial charge is 0.334 e. The van der Waals surface area contributed by atoms with Gasteiger partial charge in [-0.2, -0.15) is 0 Å². The number of benzene rings is 10. The van der Waals surface area contributed by atoms with Gasteiger partial charge in [0.15, 0.2) is 0 Å². The summed E-state index contributed by atoms with van der Waals surface area (Å²) in [7, 11) is 0. The zero-order valence-electron chi connectivity index (χ0n) is 49.1. The number of fused-ring (bicyclic) bond motifs is 15. The van der Waals surface area contributed by atoms with Gasteiger partial charge in [-0.05, 0) is 229 Å². The van der Waals surface area contributed by atoms with Crippen LogP contribution in [0.1, 0.15) is 119 Å². The lowest BCUT2D eigenvalue weighted by Gasteiger charge is -2.50. The smallest absolute Gasteiger partial charge is 0.0517 e.